The molecule has 3 N–H and O–H groups in total. The number of aliphatic hydroxyl groups excluding tert-OH is 1. The Morgan fingerprint density at radius 2 is 2.08 bits per heavy atom. The van der Waals surface area contributed by atoms with E-state index in [9.17, 15) is 19.6 Å². The van der Waals surface area contributed by atoms with Gasteiger partial charge in [-0.05, 0) is 24.6 Å². The lowest BCUT2D eigenvalue weighted by Crippen LogP contribution is -2.33. The number of benzene rings is 1. The van der Waals surface area contributed by atoms with Gasteiger partial charge in [-0.25, -0.2) is 4.39 Å². The smallest absolute Gasteiger partial charge is 0.258 e. The van der Waals surface area contributed by atoms with Crippen LogP contribution >= 0.6 is 0 Å². The quantitative estimate of drug-likeness (QED) is 0.881. The van der Waals surface area contributed by atoms with E-state index in [0.717, 1.165) is 0 Å². The number of nitrogens with two attached hydrogens (primary N) is 1. The third kappa shape index (κ3) is 2.77. The van der Waals surface area contributed by atoms with Crippen molar-refractivity contribution in [1.82, 2.24) is 4.57 Å². The maximum atomic E-state index is 13.3. The monoisotopic (exact) mass is 341 g/mol. The van der Waals surface area contributed by atoms with Crippen molar-refractivity contribution in [3.63, 3.8) is 0 Å². The van der Waals surface area contributed by atoms with E-state index >= 15 is 0 Å². The lowest BCUT2D eigenvalue weighted by atomic mass is 9.84. The summed E-state index contributed by atoms with van der Waals surface area (Å²) in [6, 6.07) is 9.17. The summed E-state index contributed by atoms with van der Waals surface area (Å²) >= 11 is 0. The molecule has 0 unspecified atom stereocenters. The van der Waals surface area contributed by atoms with Gasteiger partial charge in [0.15, 0.2) is 0 Å². The minimum Gasteiger partial charge on any atom is -0.440 e. The van der Waals surface area contributed by atoms with Crippen LogP contribution in [0.4, 0.5) is 4.39 Å². The molecule has 0 radical (unpaired) electrons. The molecule has 0 amide bonds. The second-order valence-electron chi connectivity index (χ2n) is 5.72. The molecule has 128 valence electrons. The minimum atomic E-state index is -0.757. The Labute approximate surface area is 143 Å². The van der Waals surface area contributed by atoms with Crippen molar-refractivity contribution >= 4 is 0 Å². The van der Waals surface area contributed by atoms with Crippen LogP contribution in [0.25, 0.3) is 0 Å². The summed E-state index contributed by atoms with van der Waals surface area (Å²) in [4.78, 5) is 13.0. The maximum Gasteiger partial charge on any atom is 0.258 e. The molecule has 2 heterocycles. The summed E-state index contributed by atoms with van der Waals surface area (Å²) in [5.74, 6) is -0.994. The van der Waals surface area contributed by atoms with Gasteiger partial charge in [0, 0.05) is 18.3 Å². The molecule has 7 heteroatoms. The third-order valence-corrected chi connectivity index (χ3v) is 4.22. The summed E-state index contributed by atoms with van der Waals surface area (Å²) in [6.45, 7) is 1.63. The summed E-state index contributed by atoms with van der Waals surface area (Å²) in [5, 5.41) is 18.7. The zero-order valence-electron chi connectivity index (χ0n) is 13.5. The number of pyridine rings is 1. The Hall–Kier alpha value is -3.11. The molecule has 0 saturated carbocycles. The van der Waals surface area contributed by atoms with Crippen molar-refractivity contribution in [2.45, 2.75) is 19.4 Å². The Balaban J connectivity index is 2.30. The van der Waals surface area contributed by atoms with Gasteiger partial charge in [0.2, 0.25) is 5.88 Å². The van der Waals surface area contributed by atoms with E-state index in [1.807, 2.05) is 6.07 Å². The highest BCUT2D eigenvalue weighted by atomic mass is 19.1. The topological polar surface area (TPSA) is 101 Å². The highest BCUT2D eigenvalue weighted by Crippen LogP contribution is 2.40. The lowest BCUT2D eigenvalue weighted by molar-refractivity contribution is 0.272. The number of hydrogen-bond acceptors (Lipinski definition) is 5. The number of fused-ring (bicyclic) bond motifs is 1. The molecule has 3 rings (SSSR count). The zero-order valence-corrected chi connectivity index (χ0v) is 13.5. The molecule has 1 aliphatic rings. The average Bonchev–Trinajstić information content (AvgIpc) is 2.58. The molecule has 0 fully saturated rings. The Kier molecular flexibility index (Phi) is 4.30. The first kappa shape index (κ1) is 16.7. The van der Waals surface area contributed by atoms with Crippen LogP contribution in [-0.4, -0.2) is 16.3 Å². The predicted molar refractivity (Wildman–Crippen MR) is 88.2 cm³/mol. The number of hydrogen-bond donors (Lipinski definition) is 2. The van der Waals surface area contributed by atoms with Crippen LogP contribution < -0.4 is 16.0 Å². The van der Waals surface area contributed by atoms with Crippen LogP contribution in [0.3, 0.4) is 0 Å². The zero-order chi connectivity index (χ0) is 18.1. The Morgan fingerprint density at radius 1 is 1.40 bits per heavy atom. The Bertz CT molecular complexity index is 955. The number of aryl methyl sites for hydroxylation is 1. The second-order valence-corrected chi connectivity index (χ2v) is 5.72. The second kappa shape index (κ2) is 6.42. The number of nitriles is 1. The van der Waals surface area contributed by atoms with Crippen LogP contribution in [0, 0.1) is 24.1 Å². The number of rotatable bonds is 3. The van der Waals surface area contributed by atoms with Gasteiger partial charge in [0.1, 0.15) is 23.2 Å². The predicted octanol–water partition coefficient (Wildman–Crippen LogP) is 1.51. The molecule has 25 heavy (non-hydrogen) atoms. The van der Waals surface area contributed by atoms with E-state index in [4.69, 9.17) is 10.5 Å². The van der Waals surface area contributed by atoms with Crippen molar-refractivity contribution in [2.24, 2.45) is 5.73 Å². The lowest BCUT2D eigenvalue weighted by Gasteiger charge is -2.27. The largest absolute Gasteiger partial charge is 0.440 e. The van der Waals surface area contributed by atoms with E-state index in [1.165, 1.54) is 28.8 Å². The molecule has 6 nitrogen and oxygen atoms in total. The minimum absolute atomic E-state index is 0.0805. The number of halogens is 1. The summed E-state index contributed by atoms with van der Waals surface area (Å²) < 4.78 is 20.2. The van der Waals surface area contributed by atoms with E-state index in [0.29, 0.717) is 11.3 Å². The van der Waals surface area contributed by atoms with E-state index in [-0.39, 0.29) is 41.5 Å². The molecule has 0 saturated heterocycles. The number of aliphatic hydroxyl groups is 1. The molecule has 1 aromatic heterocycles. The number of nitrogens with zero attached hydrogens (tertiary/aromatic N) is 2. The van der Waals surface area contributed by atoms with Gasteiger partial charge in [-0.15, -0.1) is 0 Å². The average molecular weight is 341 g/mol. The molecule has 0 spiro atoms. The van der Waals surface area contributed by atoms with Crippen LogP contribution in [-0.2, 0) is 6.54 Å². The standard InChI is InChI=1S/C18H16FN3O3/c1-10-8-14-16(18(24)22(10)6-7-23)15(13(9-20)17(21)25-14)11-2-4-12(19)5-3-11/h2-5,8,15,23H,6-7,21H2,1H3/t15-/m0/s1. The van der Waals surface area contributed by atoms with Gasteiger partial charge in [0.25, 0.3) is 5.56 Å². The number of aromatic nitrogens is 1. The molecule has 2 aromatic rings. The third-order valence-electron chi connectivity index (χ3n) is 4.22. The van der Waals surface area contributed by atoms with Crippen molar-refractivity contribution < 1.29 is 14.2 Å². The Morgan fingerprint density at radius 3 is 2.68 bits per heavy atom. The molecule has 0 aliphatic carbocycles. The molecule has 1 atom stereocenters. The van der Waals surface area contributed by atoms with Crippen molar-refractivity contribution in [3.8, 4) is 11.8 Å². The van der Waals surface area contributed by atoms with E-state index in [2.05, 4.69) is 0 Å². The first-order chi connectivity index (χ1) is 12.0. The number of ether oxygens (including phenoxy) is 1. The van der Waals surface area contributed by atoms with Gasteiger partial charge >= 0.3 is 0 Å². The van der Waals surface area contributed by atoms with Crippen molar-refractivity contribution in [1.29, 1.82) is 5.26 Å². The van der Waals surface area contributed by atoms with Gasteiger partial charge in [0.05, 0.1) is 18.1 Å². The summed E-state index contributed by atoms with van der Waals surface area (Å²) in [7, 11) is 0. The highest BCUT2D eigenvalue weighted by molar-refractivity contribution is 5.55. The fraction of sp³-hybridized carbons (Fsp3) is 0.222. The van der Waals surface area contributed by atoms with E-state index < -0.39 is 11.7 Å². The van der Waals surface area contributed by atoms with Crippen LogP contribution in [0.2, 0.25) is 0 Å². The first-order valence-electron chi connectivity index (χ1n) is 7.66. The van der Waals surface area contributed by atoms with Crippen LogP contribution in [0.5, 0.6) is 5.75 Å². The fourth-order valence-corrected chi connectivity index (χ4v) is 3.05. The fourth-order valence-electron chi connectivity index (χ4n) is 3.05. The molecular formula is C18H16FN3O3. The van der Waals surface area contributed by atoms with Crippen LogP contribution in [0.15, 0.2) is 46.6 Å². The molecule has 0 bridgehead atoms. The maximum absolute atomic E-state index is 13.3. The van der Waals surface area contributed by atoms with Gasteiger partial charge in [-0.3, -0.25) is 4.79 Å². The van der Waals surface area contributed by atoms with E-state index in [1.54, 1.807) is 13.0 Å². The number of allylic oxidation sites excluding steroid dienone is 1. The first-order valence-corrected chi connectivity index (χ1v) is 7.66. The molecule has 1 aliphatic heterocycles. The molecule has 1 aromatic carbocycles. The SMILES string of the molecule is Cc1cc2c(c(=O)n1CCO)[C@@H](c1ccc(F)cc1)C(C#N)=C(N)O2. The van der Waals surface area contributed by atoms with Gasteiger partial charge in [-0.1, -0.05) is 12.1 Å². The van der Waals surface area contributed by atoms with Crippen molar-refractivity contribution in [3.05, 3.63) is 74.8 Å². The summed E-state index contributed by atoms with van der Waals surface area (Å²) in [6.07, 6.45) is 0. The highest BCUT2D eigenvalue weighted by Gasteiger charge is 2.34. The normalized spacial score (nSPS) is 16.2. The van der Waals surface area contributed by atoms with Gasteiger partial charge in [-0.2, -0.15) is 5.26 Å². The van der Waals surface area contributed by atoms with Crippen LogP contribution in [0.1, 0.15) is 22.7 Å². The molecular weight excluding hydrogens is 325 g/mol. The van der Waals surface area contributed by atoms with Crippen molar-refractivity contribution in [2.75, 3.05) is 6.61 Å². The summed E-state index contributed by atoms with van der Waals surface area (Å²) in [5.41, 5.74) is 6.99. The van der Waals surface area contributed by atoms with Gasteiger partial charge < -0.3 is 20.1 Å².